The number of nitrogens with zero attached hydrogens (tertiary/aromatic N) is 1. The van der Waals surface area contributed by atoms with Gasteiger partial charge in [-0.2, -0.15) is 0 Å². The average molecular weight is 193 g/mol. The highest BCUT2D eigenvalue weighted by Crippen LogP contribution is 2.17. The minimum absolute atomic E-state index is 0.517. The number of rotatable bonds is 1. The standard InChI is InChI=1S/C6H11NO6/c8-1-2-3(9)4(10)5(11)6(7-12)13-2/h2-5,8-12H,1H2/b7-6-/t2-,3-,4+,5-/m1/s1. The van der Waals surface area contributed by atoms with Crippen LogP contribution >= 0.6 is 0 Å². The second-order valence-electron chi connectivity index (χ2n) is 2.70. The van der Waals surface area contributed by atoms with Crippen molar-refractivity contribution in [3.8, 4) is 0 Å². The van der Waals surface area contributed by atoms with E-state index in [1.54, 1.807) is 0 Å². The van der Waals surface area contributed by atoms with Crippen molar-refractivity contribution < 1.29 is 30.4 Å². The first kappa shape index (κ1) is 10.2. The van der Waals surface area contributed by atoms with Gasteiger partial charge in [0.05, 0.1) is 6.61 Å². The minimum Gasteiger partial charge on any atom is -0.468 e. The third kappa shape index (κ3) is 1.73. The van der Waals surface area contributed by atoms with Crippen molar-refractivity contribution in [1.29, 1.82) is 0 Å². The van der Waals surface area contributed by atoms with Crippen molar-refractivity contribution >= 4 is 5.90 Å². The van der Waals surface area contributed by atoms with Crippen LogP contribution in [0.1, 0.15) is 0 Å². The molecule has 0 aromatic rings. The molecule has 1 heterocycles. The second kappa shape index (κ2) is 3.88. The van der Waals surface area contributed by atoms with Crippen LogP contribution in [-0.4, -0.2) is 62.6 Å². The lowest BCUT2D eigenvalue weighted by molar-refractivity contribution is -0.130. The summed E-state index contributed by atoms with van der Waals surface area (Å²) in [6.45, 7) is -0.552. The van der Waals surface area contributed by atoms with Crippen LogP contribution < -0.4 is 0 Å². The van der Waals surface area contributed by atoms with E-state index >= 15 is 0 Å². The summed E-state index contributed by atoms with van der Waals surface area (Å²) < 4.78 is 4.67. The quantitative estimate of drug-likeness (QED) is 0.227. The lowest BCUT2D eigenvalue weighted by atomic mass is 10.00. The summed E-state index contributed by atoms with van der Waals surface area (Å²) in [5, 5.41) is 47.0. The molecule has 7 heteroatoms. The van der Waals surface area contributed by atoms with E-state index in [0.29, 0.717) is 0 Å². The van der Waals surface area contributed by atoms with Gasteiger partial charge in [-0.25, -0.2) is 0 Å². The molecule has 0 bridgehead atoms. The molecule has 1 aliphatic rings. The molecule has 0 radical (unpaired) electrons. The summed E-state index contributed by atoms with van der Waals surface area (Å²) in [4.78, 5) is 0. The van der Waals surface area contributed by atoms with Crippen molar-refractivity contribution in [2.45, 2.75) is 24.4 Å². The predicted molar refractivity (Wildman–Crippen MR) is 39.2 cm³/mol. The first-order valence-electron chi connectivity index (χ1n) is 3.65. The Labute approximate surface area is 73.5 Å². The Kier molecular flexibility index (Phi) is 3.04. The van der Waals surface area contributed by atoms with Crippen LogP contribution in [0, 0.1) is 0 Å². The van der Waals surface area contributed by atoms with Gasteiger partial charge in [0.15, 0.2) is 12.2 Å². The summed E-state index contributed by atoms with van der Waals surface area (Å²) >= 11 is 0. The number of aliphatic hydroxyl groups excluding tert-OH is 4. The van der Waals surface area contributed by atoms with Gasteiger partial charge in [-0.15, -0.1) is 0 Å². The number of hydrogen-bond acceptors (Lipinski definition) is 7. The lowest BCUT2D eigenvalue weighted by Gasteiger charge is -2.34. The lowest BCUT2D eigenvalue weighted by Crippen LogP contribution is -2.56. The maximum absolute atomic E-state index is 9.19. The van der Waals surface area contributed by atoms with Gasteiger partial charge in [-0.05, 0) is 0 Å². The molecule has 1 aliphatic heterocycles. The maximum atomic E-state index is 9.19. The van der Waals surface area contributed by atoms with Gasteiger partial charge < -0.3 is 30.4 Å². The van der Waals surface area contributed by atoms with Crippen molar-refractivity contribution in [1.82, 2.24) is 0 Å². The van der Waals surface area contributed by atoms with E-state index in [4.69, 9.17) is 20.5 Å². The first-order valence-corrected chi connectivity index (χ1v) is 3.65. The van der Waals surface area contributed by atoms with Gasteiger partial charge in [0.2, 0.25) is 0 Å². The van der Waals surface area contributed by atoms with Crippen LogP contribution in [0.5, 0.6) is 0 Å². The van der Waals surface area contributed by atoms with Crippen molar-refractivity contribution in [2.75, 3.05) is 6.61 Å². The van der Waals surface area contributed by atoms with E-state index in [-0.39, 0.29) is 0 Å². The van der Waals surface area contributed by atoms with Crippen LogP contribution in [-0.2, 0) is 4.74 Å². The molecular formula is C6H11NO6. The van der Waals surface area contributed by atoms with Crippen LogP contribution in [0.15, 0.2) is 5.16 Å². The van der Waals surface area contributed by atoms with E-state index < -0.39 is 36.9 Å². The van der Waals surface area contributed by atoms with Crippen molar-refractivity contribution in [2.24, 2.45) is 5.16 Å². The third-order valence-corrected chi connectivity index (χ3v) is 1.86. The summed E-state index contributed by atoms with van der Waals surface area (Å²) in [6.07, 6.45) is -5.62. The number of aliphatic hydroxyl groups is 4. The predicted octanol–water partition coefficient (Wildman–Crippen LogP) is -2.75. The molecular weight excluding hydrogens is 182 g/mol. The van der Waals surface area contributed by atoms with Crippen LogP contribution in [0.2, 0.25) is 0 Å². The molecule has 4 atom stereocenters. The van der Waals surface area contributed by atoms with E-state index in [9.17, 15) is 5.11 Å². The average Bonchev–Trinajstić information content (AvgIpc) is 2.15. The number of ether oxygens (including phenoxy) is 1. The molecule has 1 rings (SSSR count). The molecule has 0 aromatic heterocycles. The first-order chi connectivity index (χ1) is 6.11. The minimum atomic E-state index is -1.58. The largest absolute Gasteiger partial charge is 0.468 e. The summed E-state index contributed by atoms with van der Waals surface area (Å²) in [5.41, 5.74) is 0. The smallest absolute Gasteiger partial charge is 0.257 e. The summed E-state index contributed by atoms with van der Waals surface area (Å²) in [7, 11) is 0. The van der Waals surface area contributed by atoms with Crippen LogP contribution in [0.3, 0.4) is 0 Å². The zero-order valence-electron chi connectivity index (χ0n) is 6.61. The Morgan fingerprint density at radius 1 is 1.23 bits per heavy atom. The highest BCUT2D eigenvalue weighted by atomic mass is 16.6. The molecule has 0 saturated carbocycles. The highest BCUT2D eigenvalue weighted by molar-refractivity contribution is 5.81. The Morgan fingerprint density at radius 3 is 2.31 bits per heavy atom. The zero-order chi connectivity index (χ0) is 10.0. The van der Waals surface area contributed by atoms with Gasteiger partial charge in [-0.3, -0.25) is 0 Å². The molecule has 0 unspecified atom stereocenters. The van der Waals surface area contributed by atoms with E-state index in [1.807, 2.05) is 0 Å². The van der Waals surface area contributed by atoms with Gasteiger partial charge in [0.1, 0.15) is 12.2 Å². The van der Waals surface area contributed by atoms with E-state index in [1.165, 1.54) is 0 Å². The molecule has 0 aromatic carbocycles. The Bertz CT molecular complexity index is 205. The molecule has 0 spiro atoms. The SMILES string of the molecule is OC[C@H]1O/C(=N\O)[C@H](O)[C@@H](O)[C@@H]1O. The summed E-state index contributed by atoms with van der Waals surface area (Å²) in [6, 6.07) is 0. The van der Waals surface area contributed by atoms with Crippen molar-refractivity contribution in [3.05, 3.63) is 0 Å². The molecule has 7 nitrogen and oxygen atoms in total. The van der Waals surface area contributed by atoms with E-state index in [0.717, 1.165) is 0 Å². The molecule has 0 amide bonds. The fraction of sp³-hybridized carbons (Fsp3) is 0.833. The Hall–Kier alpha value is -0.890. The fourth-order valence-electron chi connectivity index (χ4n) is 1.08. The second-order valence-corrected chi connectivity index (χ2v) is 2.70. The molecule has 0 aliphatic carbocycles. The fourth-order valence-corrected chi connectivity index (χ4v) is 1.08. The Balaban J connectivity index is 2.78. The topological polar surface area (TPSA) is 123 Å². The highest BCUT2D eigenvalue weighted by Gasteiger charge is 2.42. The van der Waals surface area contributed by atoms with E-state index in [2.05, 4.69) is 9.89 Å². The maximum Gasteiger partial charge on any atom is 0.257 e. The monoisotopic (exact) mass is 193 g/mol. The Morgan fingerprint density at radius 2 is 1.85 bits per heavy atom. The molecule has 13 heavy (non-hydrogen) atoms. The third-order valence-electron chi connectivity index (χ3n) is 1.86. The number of oxime groups is 1. The van der Waals surface area contributed by atoms with Crippen LogP contribution in [0.25, 0.3) is 0 Å². The molecule has 1 saturated heterocycles. The van der Waals surface area contributed by atoms with Gasteiger partial charge in [0, 0.05) is 0 Å². The zero-order valence-corrected chi connectivity index (χ0v) is 6.61. The number of hydrogen-bond donors (Lipinski definition) is 5. The molecule has 1 fully saturated rings. The van der Waals surface area contributed by atoms with Crippen molar-refractivity contribution in [3.63, 3.8) is 0 Å². The normalized spacial score (nSPS) is 43.2. The van der Waals surface area contributed by atoms with Gasteiger partial charge in [0.25, 0.3) is 5.90 Å². The van der Waals surface area contributed by atoms with Gasteiger partial charge in [-0.1, -0.05) is 5.16 Å². The summed E-state index contributed by atoms with van der Waals surface area (Å²) in [5.74, 6) is -0.517. The molecule has 76 valence electrons. The van der Waals surface area contributed by atoms with Crippen LogP contribution in [0.4, 0.5) is 0 Å². The van der Waals surface area contributed by atoms with Gasteiger partial charge >= 0.3 is 0 Å². The molecule has 5 N–H and O–H groups in total.